The highest BCUT2D eigenvalue weighted by Crippen LogP contribution is 2.28. The van der Waals surface area contributed by atoms with Gasteiger partial charge in [-0.2, -0.15) is 0 Å². The molecule has 0 bridgehead atoms. The van der Waals surface area contributed by atoms with Crippen LogP contribution in [0, 0.1) is 13.8 Å². The average molecular weight is 285 g/mol. The predicted octanol–water partition coefficient (Wildman–Crippen LogP) is 4.10. The molecule has 1 heterocycles. The summed E-state index contributed by atoms with van der Waals surface area (Å²) in [5.74, 6) is 0.717. The monoisotopic (exact) mass is 285 g/mol. The van der Waals surface area contributed by atoms with Crippen LogP contribution in [0.4, 0.5) is 0 Å². The molecular weight excluding hydrogens is 266 g/mol. The number of H-pyrrole nitrogens is 1. The number of hydrogen-bond acceptors (Lipinski definition) is 2. The van der Waals surface area contributed by atoms with E-state index in [2.05, 4.69) is 23.2 Å². The summed E-state index contributed by atoms with van der Waals surface area (Å²) in [6.45, 7) is 3.94. The predicted molar refractivity (Wildman–Crippen MR) is 83.8 cm³/mol. The molecule has 1 aromatic heterocycles. The van der Waals surface area contributed by atoms with Gasteiger partial charge in [0.1, 0.15) is 0 Å². The maximum atomic E-state index is 12.2. The molecule has 1 aliphatic rings. The van der Waals surface area contributed by atoms with Crippen LogP contribution in [-0.4, -0.2) is 16.5 Å². The number of aromatic nitrogens is 1. The molecule has 0 unspecified atom stereocenters. The summed E-state index contributed by atoms with van der Waals surface area (Å²) in [6, 6.07) is 8.58. The van der Waals surface area contributed by atoms with E-state index in [9.17, 15) is 4.79 Å². The Morgan fingerprint density at radius 2 is 2.00 bits per heavy atom. The molecule has 0 aliphatic heterocycles. The fourth-order valence-corrected chi connectivity index (χ4v) is 3.72. The van der Waals surface area contributed by atoms with Crippen LogP contribution in [0.5, 0.6) is 0 Å². The van der Waals surface area contributed by atoms with Gasteiger partial charge in [0.2, 0.25) is 0 Å². The zero-order chi connectivity index (χ0) is 14.1. The number of benzene rings is 1. The zero-order valence-electron chi connectivity index (χ0n) is 12.0. The van der Waals surface area contributed by atoms with Gasteiger partial charge >= 0.3 is 0 Å². The number of hydrogen-bond donors (Lipinski definition) is 1. The smallest absolute Gasteiger partial charge is 0.174 e. The highest BCUT2D eigenvalue weighted by atomic mass is 32.2. The van der Waals surface area contributed by atoms with E-state index < -0.39 is 0 Å². The van der Waals surface area contributed by atoms with Gasteiger partial charge in [0.25, 0.3) is 0 Å². The maximum absolute atomic E-state index is 12.2. The molecule has 0 spiro atoms. The van der Waals surface area contributed by atoms with Crippen LogP contribution in [-0.2, 0) is 12.8 Å². The van der Waals surface area contributed by atoms with Crippen LogP contribution in [0.3, 0.4) is 0 Å². The molecular formula is C17H19NOS. The van der Waals surface area contributed by atoms with E-state index in [1.54, 1.807) is 11.8 Å². The van der Waals surface area contributed by atoms with E-state index in [-0.39, 0.29) is 5.78 Å². The van der Waals surface area contributed by atoms with Crippen molar-refractivity contribution in [2.75, 3.05) is 5.75 Å². The Bertz CT molecular complexity index is 657. The number of thioether (sulfide) groups is 1. The van der Waals surface area contributed by atoms with Crippen molar-refractivity contribution in [2.24, 2.45) is 0 Å². The number of nitrogens with one attached hydrogen (secondary N) is 1. The van der Waals surface area contributed by atoms with E-state index in [4.69, 9.17) is 0 Å². The standard InChI is InChI=1S/C17H19NOS/c1-11-8-16(12(2)18-11)17(19)10-20-15-7-6-13-4-3-5-14(13)9-15/h6-9,18H,3-5,10H2,1-2H3. The van der Waals surface area contributed by atoms with Crippen molar-refractivity contribution in [3.8, 4) is 0 Å². The number of Topliss-reactive ketones (excluding diaryl/α,β-unsaturated/α-hetero) is 1. The number of aryl methyl sites for hydroxylation is 4. The van der Waals surface area contributed by atoms with Crippen LogP contribution in [0.1, 0.15) is 39.3 Å². The molecule has 1 aliphatic carbocycles. The van der Waals surface area contributed by atoms with E-state index in [0.717, 1.165) is 17.0 Å². The molecule has 0 fully saturated rings. The summed E-state index contributed by atoms with van der Waals surface area (Å²) in [5, 5.41) is 0. The lowest BCUT2D eigenvalue weighted by Crippen LogP contribution is -2.02. The zero-order valence-corrected chi connectivity index (χ0v) is 12.8. The summed E-state index contributed by atoms with van der Waals surface area (Å²) in [7, 11) is 0. The molecule has 2 nitrogen and oxygen atoms in total. The first-order chi connectivity index (χ1) is 9.63. The Hall–Kier alpha value is -1.48. The number of rotatable bonds is 4. The largest absolute Gasteiger partial charge is 0.362 e. The summed E-state index contributed by atoms with van der Waals surface area (Å²) in [6.07, 6.45) is 3.67. The van der Waals surface area contributed by atoms with Gasteiger partial charge < -0.3 is 4.98 Å². The van der Waals surface area contributed by atoms with Gasteiger partial charge in [0.05, 0.1) is 5.75 Å². The van der Waals surface area contributed by atoms with E-state index >= 15 is 0 Å². The minimum absolute atomic E-state index is 0.206. The summed E-state index contributed by atoms with van der Waals surface area (Å²) < 4.78 is 0. The number of ketones is 1. The van der Waals surface area contributed by atoms with Crippen molar-refractivity contribution in [1.29, 1.82) is 0 Å². The maximum Gasteiger partial charge on any atom is 0.174 e. The fourth-order valence-electron chi connectivity index (χ4n) is 2.88. The van der Waals surface area contributed by atoms with Crippen LogP contribution in [0.25, 0.3) is 0 Å². The molecule has 0 saturated carbocycles. The molecule has 2 aromatic rings. The van der Waals surface area contributed by atoms with Crippen LogP contribution in [0.15, 0.2) is 29.2 Å². The molecule has 0 saturated heterocycles. The van der Waals surface area contributed by atoms with Gasteiger partial charge in [-0.1, -0.05) is 6.07 Å². The van der Waals surface area contributed by atoms with Crippen molar-refractivity contribution in [2.45, 2.75) is 38.0 Å². The summed E-state index contributed by atoms with van der Waals surface area (Å²) in [5.41, 5.74) is 5.81. The normalized spacial score (nSPS) is 13.5. The van der Waals surface area contributed by atoms with Crippen molar-refractivity contribution in [1.82, 2.24) is 4.98 Å². The van der Waals surface area contributed by atoms with Crippen LogP contribution >= 0.6 is 11.8 Å². The summed E-state index contributed by atoms with van der Waals surface area (Å²) in [4.78, 5) is 16.6. The first kappa shape index (κ1) is 13.5. The van der Waals surface area contributed by atoms with E-state index in [1.807, 2.05) is 19.9 Å². The molecule has 1 aromatic carbocycles. The third-order valence-electron chi connectivity index (χ3n) is 3.89. The number of aromatic amines is 1. The lowest BCUT2D eigenvalue weighted by molar-refractivity contribution is 0.102. The number of carbonyl (C=O) groups is 1. The minimum Gasteiger partial charge on any atom is -0.362 e. The van der Waals surface area contributed by atoms with E-state index in [0.29, 0.717) is 5.75 Å². The topological polar surface area (TPSA) is 32.9 Å². The van der Waals surface area contributed by atoms with Crippen molar-refractivity contribution < 1.29 is 4.79 Å². The van der Waals surface area contributed by atoms with Crippen LogP contribution in [0.2, 0.25) is 0 Å². The number of fused-ring (bicyclic) bond motifs is 1. The molecule has 104 valence electrons. The quantitative estimate of drug-likeness (QED) is 0.678. The lowest BCUT2D eigenvalue weighted by Gasteiger charge is -2.04. The second-order valence-corrected chi connectivity index (χ2v) is 6.54. The minimum atomic E-state index is 0.206. The molecule has 1 N–H and O–H groups in total. The van der Waals surface area contributed by atoms with Crippen molar-refractivity contribution >= 4 is 17.5 Å². The van der Waals surface area contributed by atoms with Crippen molar-refractivity contribution in [3.05, 3.63) is 52.3 Å². The van der Waals surface area contributed by atoms with Gasteiger partial charge in [-0.25, -0.2) is 0 Å². The average Bonchev–Trinajstić information content (AvgIpc) is 3.01. The Morgan fingerprint density at radius 1 is 1.20 bits per heavy atom. The number of carbonyl (C=O) groups excluding carboxylic acids is 1. The first-order valence-electron chi connectivity index (χ1n) is 7.07. The third kappa shape index (κ3) is 2.68. The Kier molecular flexibility index (Phi) is 3.70. The van der Waals surface area contributed by atoms with Gasteiger partial charge in [-0.3, -0.25) is 4.79 Å². The van der Waals surface area contributed by atoms with E-state index in [1.165, 1.54) is 35.3 Å². The molecule has 3 rings (SSSR count). The summed E-state index contributed by atoms with van der Waals surface area (Å²) >= 11 is 1.64. The molecule has 3 heteroatoms. The Labute approximate surface area is 124 Å². The third-order valence-corrected chi connectivity index (χ3v) is 4.88. The second kappa shape index (κ2) is 5.49. The lowest BCUT2D eigenvalue weighted by atomic mass is 10.1. The SMILES string of the molecule is Cc1cc(C(=O)CSc2ccc3c(c2)CCC3)c(C)[nH]1. The molecule has 20 heavy (non-hydrogen) atoms. The van der Waals surface area contributed by atoms with Crippen LogP contribution < -0.4 is 0 Å². The molecule has 0 radical (unpaired) electrons. The Morgan fingerprint density at radius 3 is 2.75 bits per heavy atom. The molecule has 0 atom stereocenters. The Balaban J connectivity index is 1.67. The highest BCUT2D eigenvalue weighted by molar-refractivity contribution is 8.00. The van der Waals surface area contributed by atoms with Crippen molar-refractivity contribution in [3.63, 3.8) is 0 Å². The molecule has 0 amide bonds. The van der Waals surface area contributed by atoms with Gasteiger partial charge in [-0.15, -0.1) is 11.8 Å². The highest BCUT2D eigenvalue weighted by Gasteiger charge is 2.14. The van der Waals surface area contributed by atoms with Gasteiger partial charge in [0.15, 0.2) is 5.78 Å². The van der Waals surface area contributed by atoms with Gasteiger partial charge in [0, 0.05) is 21.8 Å². The van der Waals surface area contributed by atoms with Gasteiger partial charge in [-0.05, 0) is 62.4 Å². The first-order valence-corrected chi connectivity index (χ1v) is 8.06. The second-order valence-electron chi connectivity index (χ2n) is 5.49. The fraction of sp³-hybridized carbons (Fsp3) is 0.353.